The summed E-state index contributed by atoms with van der Waals surface area (Å²) in [7, 11) is 0. The lowest BCUT2D eigenvalue weighted by Gasteiger charge is -2.14. The van der Waals surface area contributed by atoms with Gasteiger partial charge in [0.05, 0.1) is 23.5 Å². The molecular weight excluding hydrogens is 412 g/mol. The van der Waals surface area contributed by atoms with Gasteiger partial charge in [0, 0.05) is 28.5 Å². The van der Waals surface area contributed by atoms with E-state index < -0.39 is 0 Å². The molecule has 4 rings (SSSR count). The van der Waals surface area contributed by atoms with E-state index in [0.29, 0.717) is 11.5 Å². The van der Waals surface area contributed by atoms with Crippen molar-refractivity contribution in [3.63, 3.8) is 0 Å². The Bertz CT molecular complexity index is 1300. The molecule has 2 heterocycles. The average Bonchev–Trinajstić information content (AvgIpc) is 2.82. The summed E-state index contributed by atoms with van der Waals surface area (Å²) in [5.41, 5.74) is 6.55. The monoisotopic (exact) mass is 436 g/mol. The number of aromatic nitrogens is 2. The Morgan fingerprint density at radius 1 is 0.969 bits per heavy atom. The van der Waals surface area contributed by atoms with Gasteiger partial charge >= 0.3 is 0 Å². The van der Waals surface area contributed by atoms with Crippen LogP contribution in [0.2, 0.25) is 0 Å². The molecule has 0 aliphatic heterocycles. The number of hydrogen-bond donors (Lipinski definition) is 1. The van der Waals surface area contributed by atoms with Crippen molar-refractivity contribution in [1.82, 2.24) is 9.97 Å². The van der Waals surface area contributed by atoms with E-state index in [0.717, 1.165) is 44.8 Å². The summed E-state index contributed by atoms with van der Waals surface area (Å²) in [5.74, 6) is 0. The second-order valence-corrected chi connectivity index (χ2v) is 7.81. The van der Waals surface area contributed by atoms with Crippen LogP contribution in [0, 0.1) is 6.92 Å². The van der Waals surface area contributed by atoms with Crippen LogP contribution in [0.25, 0.3) is 16.5 Å². The van der Waals surface area contributed by atoms with Crippen molar-refractivity contribution in [2.75, 3.05) is 11.9 Å². The molecule has 0 spiro atoms. The van der Waals surface area contributed by atoms with E-state index in [1.165, 1.54) is 0 Å². The summed E-state index contributed by atoms with van der Waals surface area (Å²) < 4.78 is 0. The zero-order valence-electron chi connectivity index (χ0n) is 18.1. The van der Waals surface area contributed by atoms with E-state index in [1.807, 2.05) is 92.8 Å². The van der Waals surface area contributed by atoms with Gasteiger partial charge in [-0.3, -0.25) is 15.0 Å². The molecule has 2 aromatic carbocycles. The minimum atomic E-state index is 0.357. The zero-order chi connectivity index (χ0) is 22.3. The number of anilines is 1. The maximum absolute atomic E-state index is 5.58. The summed E-state index contributed by atoms with van der Waals surface area (Å²) in [5, 5.41) is 4.34. The lowest BCUT2D eigenvalue weighted by atomic mass is 9.95. The molecule has 4 nitrogen and oxygen atoms in total. The number of nitrogens with zero attached hydrogens (tertiary/aromatic N) is 3. The molecule has 0 radical (unpaired) electrons. The smallest absolute Gasteiger partial charge is 0.101 e. The fourth-order valence-corrected chi connectivity index (χ4v) is 3.78. The van der Waals surface area contributed by atoms with Crippen molar-refractivity contribution in [2.24, 2.45) is 4.99 Å². The summed E-state index contributed by atoms with van der Waals surface area (Å²) in [6, 6.07) is 26.1. The molecule has 0 amide bonds. The highest BCUT2D eigenvalue weighted by Crippen LogP contribution is 2.27. The lowest BCUT2D eigenvalue weighted by molar-refractivity contribution is 1.17. The highest BCUT2D eigenvalue weighted by molar-refractivity contribution is 7.80. The second-order valence-electron chi connectivity index (χ2n) is 7.32. The second kappa shape index (κ2) is 10.1. The van der Waals surface area contributed by atoms with Gasteiger partial charge in [-0.25, -0.2) is 0 Å². The summed E-state index contributed by atoms with van der Waals surface area (Å²) >= 11 is 5.58. The van der Waals surface area contributed by atoms with Gasteiger partial charge in [0.25, 0.3) is 0 Å². The van der Waals surface area contributed by atoms with Gasteiger partial charge in [-0.1, -0.05) is 60.8 Å². The van der Waals surface area contributed by atoms with Crippen LogP contribution >= 0.6 is 12.2 Å². The Labute approximate surface area is 193 Å². The molecule has 158 valence electrons. The summed E-state index contributed by atoms with van der Waals surface area (Å²) in [4.78, 5) is 14.9. The molecule has 0 aliphatic carbocycles. The van der Waals surface area contributed by atoms with Crippen LogP contribution in [0.3, 0.4) is 0 Å². The van der Waals surface area contributed by atoms with Crippen molar-refractivity contribution in [2.45, 2.75) is 13.8 Å². The van der Waals surface area contributed by atoms with Crippen LogP contribution in [0.15, 0.2) is 96.1 Å². The third kappa shape index (κ3) is 4.95. The maximum atomic E-state index is 5.58. The largest absolute Gasteiger partial charge is 0.348 e. The molecule has 0 fully saturated rings. The number of para-hydroxylation sites is 2. The zero-order valence-corrected chi connectivity index (χ0v) is 18.9. The molecule has 1 N–H and O–H groups in total. The van der Waals surface area contributed by atoms with Crippen LogP contribution < -0.4 is 5.32 Å². The Morgan fingerprint density at radius 2 is 1.75 bits per heavy atom. The number of benzene rings is 2. The minimum Gasteiger partial charge on any atom is -0.348 e. The third-order valence-corrected chi connectivity index (χ3v) is 5.28. The number of aryl methyl sites for hydroxylation is 1. The molecule has 0 bridgehead atoms. The molecule has 0 aliphatic rings. The predicted octanol–water partition coefficient (Wildman–Crippen LogP) is 6.27. The van der Waals surface area contributed by atoms with Gasteiger partial charge in [-0.2, -0.15) is 0 Å². The first-order valence-electron chi connectivity index (χ1n) is 10.5. The average molecular weight is 437 g/mol. The van der Waals surface area contributed by atoms with Gasteiger partial charge < -0.3 is 5.32 Å². The number of fused-ring (bicyclic) bond motifs is 1. The van der Waals surface area contributed by atoms with E-state index in [2.05, 4.69) is 22.4 Å². The van der Waals surface area contributed by atoms with Gasteiger partial charge in [-0.05, 0) is 55.8 Å². The summed E-state index contributed by atoms with van der Waals surface area (Å²) in [6.07, 6.45) is 3.92. The number of nitrogens with one attached hydrogen (secondary N) is 1. The number of aliphatic imine (C=N–C) groups is 1. The van der Waals surface area contributed by atoms with E-state index in [9.17, 15) is 0 Å². The Hall–Kier alpha value is -3.70. The summed E-state index contributed by atoms with van der Waals surface area (Å²) in [6.45, 7) is 4.37. The lowest BCUT2D eigenvalue weighted by Crippen LogP contribution is -2.16. The fraction of sp³-hybridized carbons (Fsp3) is 0.111. The van der Waals surface area contributed by atoms with E-state index in [1.54, 1.807) is 0 Å². The van der Waals surface area contributed by atoms with Gasteiger partial charge in [0.1, 0.15) is 4.99 Å². The van der Waals surface area contributed by atoms with Crippen LogP contribution in [0.4, 0.5) is 5.69 Å². The quantitative estimate of drug-likeness (QED) is 0.286. The highest BCUT2D eigenvalue weighted by atomic mass is 32.1. The van der Waals surface area contributed by atoms with E-state index >= 15 is 0 Å². The minimum absolute atomic E-state index is 0.357. The number of allylic oxidation sites excluding steroid dienone is 2. The van der Waals surface area contributed by atoms with E-state index in [4.69, 9.17) is 22.2 Å². The van der Waals surface area contributed by atoms with Gasteiger partial charge in [-0.15, -0.1) is 0 Å². The predicted molar refractivity (Wildman–Crippen MR) is 138 cm³/mol. The van der Waals surface area contributed by atoms with Crippen molar-refractivity contribution in [3.8, 4) is 0 Å². The number of hydrogen-bond acceptors (Lipinski definition) is 4. The van der Waals surface area contributed by atoms with Crippen LogP contribution in [-0.2, 0) is 0 Å². The molecular formula is C27H24N4S. The van der Waals surface area contributed by atoms with Crippen LogP contribution in [-0.4, -0.2) is 27.2 Å². The van der Waals surface area contributed by atoms with Crippen molar-refractivity contribution in [1.29, 1.82) is 0 Å². The molecule has 4 aromatic rings. The van der Waals surface area contributed by atoms with Crippen LogP contribution in [0.5, 0.6) is 0 Å². The highest BCUT2D eigenvalue weighted by Gasteiger charge is 2.16. The third-order valence-electron chi connectivity index (χ3n) is 5.05. The fourth-order valence-electron chi connectivity index (χ4n) is 3.60. The first-order chi connectivity index (χ1) is 15.7. The SMILES string of the molecule is C/C=C(\C(=N/CC(=S)Nc1ccccc1)c1cccc(C)n1)c1ccnc2ccccc12. The van der Waals surface area contributed by atoms with E-state index in [-0.39, 0.29) is 0 Å². The molecule has 2 aromatic heterocycles. The molecule has 0 saturated heterocycles. The van der Waals surface area contributed by atoms with Crippen LogP contribution in [0.1, 0.15) is 23.9 Å². The Kier molecular flexibility index (Phi) is 6.78. The standard InChI is InChI=1S/C27H24N4S/c1-3-21(22-16-17-28-24-14-8-7-13-23(22)24)27(25-15-9-10-19(2)30-25)29-18-26(32)31-20-11-5-4-6-12-20/h3-17H,18H2,1-2H3,(H,31,32)/b21-3-,29-27+. The molecule has 5 heteroatoms. The molecule has 0 atom stereocenters. The van der Waals surface area contributed by atoms with Gasteiger partial charge in [0.15, 0.2) is 0 Å². The first kappa shape index (κ1) is 21.5. The number of thiocarbonyl (C=S) groups is 1. The Balaban J connectivity index is 1.75. The number of pyridine rings is 2. The topological polar surface area (TPSA) is 50.2 Å². The maximum Gasteiger partial charge on any atom is 0.101 e. The number of rotatable bonds is 6. The molecule has 0 unspecified atom stereocenters. The first-order valence-corrected chi connectivity index (χ1v) is 10.9. The van der Waals surface area contributed by atoms with Crippen molar-refractivity contribution in [3.05, 3.63) is 108 Å². The van der Waals surface area contributed by atoms with Crippen molar-refractivity contribution >= 4 is 45.1 Å². The molecule has 0 saturated carbocycles. The van der Waals surface area contributed by atoms with Gasteiger partial charge in [0.2, 0.25) is 0 Å². The van der Waals surface area contributed by atoms with Crippen molar-refractivity contribution < 1.29 is 0 Å². The normalized spacial score (nSPS) is 12.1. The molecule has 32 heavy (non-hydrogen) atoms. The Morgan fingerprint density at radius 3 is 2.53 bits per heavy atom.